The number of halogens is 1. The van der Waals surface area contributed by atoms with Crippen molar-refractivity contribution in [3.05, 3.63) is 22.7 Å². The lowest BCUT2D eigenvalue weighted by atomic mass is 10.2. The molecule has 0 aliphatic heterocycles. The molecule has 0 aliphatic carbocycles. The van der Waals surface area contributed by atoms with Crippen LogP contribution in [0.2, 0.25) is 0 Å². The second kappa shape index (κ2) is 7.64. The number of nitrogens with one attached hydrogen (secondary N) is 1. The van der Waals surface area contributed by atoms with Gasteiger partial charge >= 0.3 is 0 Å². The van der Waals surface area contributed by atoms with E-state index in [-0.39, 0.29) is 0 Å². The molecule has 1 rings (SSSR count). The Hall–Kier alpha value is -0.740. The average Bonchev–Trinajstić information content (AvgIpc) is 2.34. The summed E-state index contributed by atoms with van der Waals surface area (Å²) in [5.74, 6) is 2.15. The molecule has 0 radical (unpaired) electrons. The van der Waals surface area contributed by atoms with Crippen molar-refractivity contribution in [2.24, 2.45) is 5.92 Å². The van der Waals surface area contributed by atoms with Crippen LogP contribution in [0.1, 0.15) is 20.8 Å². The van der Waals surface area contributed by atoms with Gasteiger partial charge in [0.2, 0.25) is 0 Å². The van der Waals surface area contributed by atoms with Crippen LogP contribution in [0.15, 0.2) is 22.7 Å². The van der Waals surface area contributed by atoms with E-state index >= 15 is 0 Å². The molecule has 0 amide bonds. The van der Waals surface area contributed by atoms with Gasteiger partial charge in [-0.1, -0.05) is 20.8 Å². The highest BCUT2D eigenvalue weighted by Crippen LogP contribution is 2.29. The predicted octanol–water partition coefficient (Wildman–Crippen LogP) is 3.47. The first-order valence-electron chi connectivity index (χ1n) is 6.22. The summed E-state index contributed by atoms with van der Waals surface area (Å²) in [5, 5.41) is 3.40. The van der Waals surface area contributed by atoms with E-state index in [1.54, 1.807) is 7.11 Å². The van der Waals surface area contributed by atoms with Gasteiger partial charge in [0.05, 0.1) is 18.2 Å². The molecule has 3 nitrogen and oxygen atoms in total. The zero-order chi connectivity index (χ0) is 13.5. The summed E-state index contributed by atoms with van der Waals surface area (Å²) >= 11 is 3.48. The summed E-state index contributed by atoms with van der Waals surface area (Å²) in [7, 11) is 1.65. The third kappa shape index (κ3) is 5.27. The maximum atomic E-state index is 5.79. The second-order valence-corrected chi connectivity index (χ2v) is 5.63. The van der Waals surface area contributed by atoms with E-state index < -0.39 is 0 Å². The van der Waals surface area contributed by atoms with Gasteiger partial charge in [0, 0.05) is 18.5 Å². The first-order valence-corrected chi connectivity index (χ1v) is 7.02. The molecule has 0 aromatic heterocycles. The summed E-state index contributed by atoms with van der Waals surface area (Å²) in [5.41, 5.74) is 0. The highest BCUT2D eigenvalue weighted by molar-refractivity contribution is 9.10. The molecule has 1 unspecified atom stereocenters. The number of benzene rings is 1. The Bertz CT molecular complexity index is 369. The molecule has 0 saturated heterocycles. The minimum atomic E-state index is 0.474. The monoisotopic (exact) mass is 315 g/mol. The maximum Gasteiger partial charge on any atom is 0.133 e. The highest BCUT2D eigenvalue weighted by atomic mass is 79.9. The van der Waals surface area contributed by atoms with E-state index in [1.807, 2.05) is 18.2 Å². The zero-order valence-corrected chi connectivity index (χ0v) is 13.1. The fourth-order valence-corrected chi connectivity index (χ4v) is 1.93. The van der Waals surface area contributed by atoms with Crippen LogP contribution in [0.25, 0.3) is 0 Å². The molecule has 1 N–H and O–H groups in total. The topological polar surface area (TPSA) is 30.5 Å². The molecular formula is C14H22BrNO2. The summed E-state index contributed by atoms with van der Waals surface area (Å²) in [4.78, 5) is 0. The lowest BCUT2D eigenvalue weighted by molar-refractivity contribution is 0.251. The van der Waals surface area contributed by atoms with Crippen LogP contribution >= 0.6 is 15.9 Å². The zero-order valence-electron chi connectivity index (χ0n) is 11.5. The van der Waals surface area contributed by atoms with Crippen LogP contribution in [0.4, 0.5) is 0 Å². The lowest BCUT2D eigenvalue weighted by Gasteiger charge is -2.16. The summed E-state index contributed by atoms with van der Waals surface area (Å²) in [6.45, 7) is 8.13. The van der Waals surface area contributed by atoms with Crippen molar-refractivity contribution >= 4 is 15.9 Å². The molecule has 0 fully saturated rings. The van der Waals surface area contributed by atoms with Gasteiger partial charge in [-0.3, -0.25) is 0 Å². The summed E-state index contributed by atoms with van der Waals surface area (Å²) in [6.07, 6.45) is 0. The van der Waals surface area contributed by atoms with E-state index in [4.69, 9.17) is 9.47 Å². The number of rotatable bonds is 7. The van der Waals surface area contributed by atoms with Gasteiger partial charge in [-0.25, -0.2) is 0 Å². The van der Waals surface area contributed by atoms with Crippen molar-refractivity contribution in [2.45, 2.75) is 26.8 Å². The number of hydrogen-bond donors (Lipinski definition) is 1. The van der Waals surface area contributed by atoms with Crippen LogP contribution in [0.3, 0.4) is 0 Å². The Morgan fingerprint density at radius 3 is 2.56 bits per heavy atom. The molecule has 0 aliphatic rings. The van der Waals surface area contributed by atoms with E-state index in [0.29, 0.717) is 18.6 Å². The molecule has 4 heteroatoms. The number of hydrogen-bond acceptors (Lipinski definition) is 3. The molecule has 0 spiro atoms. The van der Waals surface area contributed by atoms with Crippen LogP contribution in [0, 0.1) is 5.92 Å². The Kier molecular flexibility index (Phi) is 6.50. The lowest BCUT2D eigenvalue weighted by Crippen LogP contribution is -2.30. The Morgan fingerprint density at radius 1 is 1.28 bits per heavy atom. The number of ether oxygens (including phenoxy) is 2. The van der Waals surface area contributed by atoms with Crippen molar-refractivity contribution in [1.29, 1.82) is 0 Å². The third-order valence-corrected chi connectivity index (χ3v) is 3.16. The SMILES string of the molecule is COc1ccc(OCC(C)CNC(C)C)c(Br)c1. The maximum absolute atomic E-state index is 5.79. The molecule has 102 valence electrons. The van der Waals surface area contributed by atoms with Gasteiger partial charge in [-0.15, -0.1) is 0 Å². The Morgan fingerprint density at radius 2 is 2.00 bits per heavy atom. The molecule has 0 bridgehead atoms. The minimum absolute atomic E-state index is 0.474. The normalized spacial score (nSPS) is 12.6. The summed E-state index contributed by atoms with van der Waals surface area (Å²) < 4.78 is 11.9. The van der Waals surface area contributed by atoms with E-state index in [2.05, 4.69) is 42.0 Å². The van der Waals surface area contributed by atoms with Crippen molar-refractivity contribution in [3.63, 3.8) is 0 Å². The Balaban J connectivity index is 2.43. The molecule has 0 heterocycles. The average molecular weight is 316 g/mol. The van der Waals surface area contributed by atoms with Gasteiger partial charge in [0.15, 0.2) is 0 Å². The van der Waals surface area contributed by atoms with Crippen molar-refractivity contribution in [3.8, 4) is 11.5 Å². The standard InChI is InChI=1S/C14H22BrNO2/c1-10(2)16-8-11(3)9-18-14-6-5-12(17-4)7-13(14)15/h5-7,10-11,16H,8-9H2,1-4H3. The molecule has 1 aromatic rings. The Labute approximate surface area is 118 Å². The van der Waals surface area contributed by atoms with Gasteiger partial charge in [0.25, 0.3) is 0 Å². The van der Waals surface area contributed by atoms with Gasteiger partial charge in [-0.2, -0.15) is 0 Å². The van der Waals surface area contributed by atoms with Crippen LogP contribution < -0.4 is 14.8 Å². The summed E-state index contributed by atoms with van der Waals surface area (Å²) in [6, 6.07) is 6.25. The number of methoxy groups -OCH3 is 1. The van der Waals surface area contributed by atoms with Crippen molar-refractivity contribution in [1.82, 2.24) is 5.32 Å². The fourth-order valence-electron chi connectivity index (χ4n) is 1.45. The molecule has 18 heavy (non-hydrogen) atoms. The predicted molar refractivity (Wildman–Crippen MR) is 78.5 cm³/mol. The molecular weight excluding hydrogens is 294 g/mol. The third-order valence-electron chi connectivity index (χ3n) is 2.54. The second-order valence-electron chi connectivity index (χ2n) is 4.78. The molecule has 1 atom stereocenters. The van der Waals surface area contributed by atoms with Crippen molar-refractivity contribution in [2.75, 3.05) is 20.3 Å². The van der Waals surface area contributed by atoms with Crippen LogP contribution in [-0.2, 0) is 0 Å². The molecule has 0 saturated carbocycles. The highest BCUT2D eigenvalue weighted by Gasteiger charge is 2.07. The van der Waals surface area contributed by atoms with Crippen molar-refractivity contribution < 1.29 is 9.47 Å². The van der Waals surface area contributed by atoms with Crippen LogP contribution in [0.5, 0.6) is 11.5 Å². The fraction of sp³-hybridized carbons (Fsp3) is 0.571. The first-order chi connectivity index (χ1) is 8.52. The van der Waals surface area contributed by atoms with E-state index in [9.17, 15) is 0 Å². The smallest absolute Gasteiger partial charge is 0.133 e. The van der Waals surface area contributed by atoms with Gasteiger partial charge < -0.3 is 14.8 Å². The van der Waals surface area contributed by atoms with E-state index in [0.717, 1.165) is 22.5 Å². The van der Waals surface area contributed by atoms with E-state index in [1.165, 1.54) is 0 Å². The first kappa shape index (κ1) is 15.3. The largest absolute Gasteiger partial charge is 0.497 e. The minimum Gasteiger partial charge on any atom is -0.497 e. The van der Waals surface area contributed by atoms with Crippen LogP contribution in [-0.4, -0.2) is 26.3 Å². The van der Waals surface area contributed by atoms with Gasteiger partial charge in [0.1, 0.15) is 11.5 Å². The van der Waals surface area contributed by atoms with Gasteiger partial charge in [-0.05, 0) is 34.1 Å². The quantitative estimate of drug-likeness (QED) is 0.835. The molecule has 1 aromatic carbocycles.